The summed E-state index contributed by atoms with van der Waals surface area (Å²) in [5, 5.41) is 3.88. The van der Waals surface area contributed by atoms with Crippen molar-refractivity contribution in [2.24, 2.45) is 0 Å². The van der Waals surface area contributed by atoms with E-state index in [9.17, 15) is 0 Å². The van der Waals surface area contributed by atoms with Gasteiger partial charge in [-0.1, -0.05) is 17.7 Å². The molecule has 6 heteroatoms. The summed E-state index contributed by atoms with van der Waals surface area (Å²) >= 11 is 6.21. The highest BCUT2D eigenvalue weighted by Crippen LogP contribution is 2.26. The quantitative estimate of drug-likeness (QED) is 0.801. The lowest BCUT2D eigenvalue weighted by Crippen LogP contribution is -2.04. The standard InChI is InChI=1S/C15H13ClN4O/c1-21-13-4-2-3-11(16)10(13)9-19-14-6-5-12-15(20-14)18-8-7-17-12/h2-8H,9H2,1H3,(H,18,19,20). The molecule has 5 nitrogen and oxygen atoms in total. The van der Waals surface area contributed by atoms with Gasteiger partial charge in [-0.3, -0.25) is 4.98 Å². The number of halogens is 1. The Bertz CT molecular complexity index is 778. The van der Waals surface area contributed by atoms with Gasteiger partial charge in [-0.25, -0.2) is 9.97 Å². The lowest BCUT2D eigenvalue weighted by Gasteiger charge is -2.11. The van der Waals surface area contributed by atoms with Gasteiger partial charge in [0, 0.05) is 29.5 Å². The minimum Gasteiger partial charge on any atom is -0.496 e. The number of hydrogen-bond acceptors (Lipinski definition) is 5. The lowest BCUT2D eigenvalue weighted by molar-refractivity contribution is 0.410. The molecular formula is C15H13ClN4O. The number of fused-ring (bicyclic) bond motifs is 1. The molecule has 0 amide bonds. The fourth-order valence-electron chi connectivity index (χ4n) is 2.03. The van der Waals surface area contributed by atoms with Gasteiger partial charge < -0.3 is 10.1 Å². The van der Waals surface area contributed by atoms with Crippen LogP contribution in [0.4, 0.5) is 5.82 Å². The molecule has 0 aliphatic heterocycles. The summed E-state index contributed by atoms with van der Waals surface area (Å²) in [5.41, 5.74) is 2.26. The number of ether oxygens (including phenoxy) is 1. The third kappa shape index (κ3) is 2.87. The van der Waals surface area contributed by atoms with Crippen molar-refractivity contribution in [3.05, 3.63) is 53.3 Å². The Kier molecular flexibility index (Phi) is 3.83. The van der Waals surface area contributed by atoms with Crippen molar-refractivity contribution < 1.29 is 4.74 Å². The van der Waals surface area contributed by atoms with E-state index in [1.165, 1.54) is 0 Å². The Morgan fingerprint density at radius 1 is 1.14 bits per heavy atom. The highest BCUT2D eigenvalue weighted by atomic mass is 35.5. The number of anilines is 1. The van der Waals surface area contributed by atoms with Crippen LogP contribution >= 0.6 is 11.6 Å². The second kappa shape index (κ2) is 5.93. The number of rotatable bonds is 4. The van der Waals surface area contributed by atoms with E-state index in [0.29, 0.717) is 23.0 Å². The Morgan fingerprint density at radius 2 is 2.00 bits per heavy atom. The van der Waals surface area contributed by atoms with E-state index in [1.807, 2.05) is 30.3 Å². The normalized spacial score (nSPS) is 10.6. The summed E-state index contributed by atoms with van der Waals surface area (Å²) in [7, 11) is 1.62. The predicted octanol–water partition coefficient (Wildman–Crippen LogP) is 3.30. The summed E-state index contributed by atoms with van der Waals surface area (Å²) in [6.07, 6.45) is 3.27. The maximum Gasteiger partial charge on any atom is 0.180 e. The number of nitrogens with zero attached hydrogens (tertiary/aromatic N) is 3. The van der Waals surface area contributed by atoms with Crippen LogP contribution in [0.25, 0.3) is 11.2 Å². The van der Waals surface area contributed by atoms with Crippen molar-refractivity contribution in [2.75, 3.05) is 12.4 Å². The monoisotopic (exact) mass is 300 g/mol. The summed E-state index contributed by atoms with van der Waals surface area (Å²) < 4.78 is 5.32. The van der Waals surface area contributed by atoms with Gasteiger partial charge in [0.25, 0.3) is 0 Å². The van der Waals surface area contributed by atoms with E-state index >= 15 is 0 Å². The molecule has 0 atom stereocenters. The molecule has 0 bridgehead atoms. The van der Waals surface area contributed by atoms with E-state index < -0.39 is 0 Å². The first kappa shape index (κ1) is 13.6. The molecule has 0 saturated carbocycles. The van der Waals surface area contributed by atoms with Gasteiger partial charge in [-0.15, -0.1) is 0 Å². The van der Waals surface area contributed by atoms with Crippen LogP contribution in [0.15, 0.2) is 42.7 Å². The van der Waals surface area contributed by atoms with E-state index in [2.05, 4.69) is 20.3 Å². The average Bonchev–Trinajstić information content (AvgIpc) is 2.53. The Labute approximate surface area is 127 Å². The van der Waals surface area contributed by atoms with Crippen molar-refractivity contribution in [3.63, 3.8) is 0 Å². The van der Waals surface area contributed by atoms with E-state index in [1.54, 1.807) is 19.5 Å². The molecule has 106 valence electrons. The number of pyridine rings is 1. The molecule has 0 unspecified atom stereocenters. The van der Waals surface area contributed by atoms with Crippen LogP contribution in [0.5, 0.6) is 5.75 Å². The van der Waals surface area contributed by atoms with Gasteiger partial charge in [0.15, 0.2) is 5.65 Å². The topological polar surface area (TPSA) is 59.9 Å². The maximum atomic E-state index is 6.21. The summed E-state index contributed by atoms with van der Waals surface area (Å²) in [6.45, 7) is 0.515. The van der Waals surface area contributed by atoms with Crippen LogP contribution in [0.2, 0.25) is 5.02 Å². The van der Waals surface area contributed by atoms with Gasteiger partial charge >= 0.3 is 0 Å². The molecule has 2 aromatic heterocycles. The minimum absolute atomic E-state index is 0.515. The summed E-state index contributed by atoms with van der Waals surface area (Å²) in [6, 6.07) is 9.30. The zero-order valence-corrected chi connectivity index (χ0v) is 12.1. The van der Waals surface area contributed by atoms with Crippen molar-refractivity contribution >= 4 is 28.6 Å². The molecule has 3 aromatic rings. The smallest absolute Gasteiger partial charge is 0.180 e. The highest BCUT2D eigenvalue weighted by Gasteiger charge is 2.08. The third-order valence-electron chi connectivity index (χ3n) is 3.07. The lowest BCUT2D eigenvalue weighted by atomic mass is 10.2. The number of hydrogen-bond donors (Lipinski definition) is 1. The average molecular weight is 301 g/mol. The second-order valence-electron chi connectivity index (χ2n) is 4.37. The van der Waals surface area contributed by atoms with Crippen molar-refractivity contribution in [1.82, 2.24) is 15.0 Å². The molecule has 21 heavy (non-hydrogen) atoms. The minimum atomic E-state index is 0.515. The molecule has 0 aliphatic carbocycles. The summed E-state index contributed by atoms with van der Waals surface area (Å²) in [4.78, 5) is 12.8. The molecular weight excluding hydrogens is 288 g/mol. The largest absolute Gasteiger partial charge is 0.496 e. The van der Waals surface area contributed by atoms with Crippen molar-refractivity contribution in [1.29, 1.82) is 0 Å². The maximum absolute atomic E-state index is 6.21. The molecule has 0 spiro atoms. The fourth-order valence-corrected chi connectivity index (χ4v) is 2.27. The van der Waals surface area contributed by atoms with Gasteiger partial charge in [-0.05, 0) is 24.3 Å². The molecule has 0 saturated heterocycles. The van der Waals surface area contributed by atoms with Gasteiger partial charge in [-0.2, -0.15) is 0 Å². The van der Waals surface area contributed by atoms with Crippen molar-refractivity contribution in [3.8, 4) is 5.75 Å². The van der Waals surface area contributed by atoms with Crippen LogP contribution in [-0.4, -0.2) is 22.1 Å². The number of methoxy groups -OCH3 is 1. The molecule has 0 fully saturated rings. The predicted molar refractivity (Wildman–Crippen MR) is 82.7 cm³/mol. The number of nitrogens with one attached hydrogen (secondary N) is 1. The molecule has 1 aromatic carbocycles. The summed E-state index contributed by atoms with van der Waals surface area (Å²) in [5.74, 6) is 1.46. The molecule has 1 N–H and O–H groups in total. The van der Waals surface area contributed by atoms with E-state index in [-0.39, 0.29) is 0 Å². The molecule has 2 heterocycles. The zero-order chi connectivity index (χ0) is 14.7. The van der Waals surface area contributed by atoms with E-state index in [0.717, 1.165) is 16.8 Å². The van der Waals surface area contributed by atoms with Crippen LogP contribution in [0.3, 0.4) is 0 Å². The highest BCUT2D eigenvalue weighted by molar-refractivity contribution is 6.31. The van der Waals surface area contributed by atoms with Gasteiger partial charge in [0.1, 0.15) is 17.1 Å². The number of benzene rings is 1. The van der Waals surface area contributed by atoms with Crippen LogP contribution in [0, 0.1) is 0 Å². The molecule has 0 radical (unpaired) electrons. The van der Waals surface area contributed by atoms with E-state index in [4.69, 9.17) is 16.3 Å². The Morgan fingerprint density at radius 3 is 2.86 bits per heavy atom. The first-order chi connectivity index (χ1) is 10.3. The molecule has 3 rings (SSSR count). The zero-order valence-electron chi connectivity index (χ0n) is 11.4. The van der Waals surface area contributed by atoms with Crippen molar-refractivity contribution in [2.45, 2.75) is 6.54 Å². The first-order valence-electron chi connectivity index (χ1n) is 6.41. The van der Waals surface area contributed by atoms with Gasteiger partial charge in [0.05, 0.1) is 7.11 Å². The Balaban J connectivity index is 1.83. The molecule has 0 aliphatic rings. The van der Waals surface area contributed by atoms with Crippen LogP contribution < -0.4 is 10.1 Å². The second-order valence-corrected chi connectivity index (χ2v) is 4.78. The van der Waals surface area contributed by atoms with Crippen LogP contribution in [-0.2, 0) is 6.54 Å². The fraction of sp³-hybridized carbons (Fsp3) is 0.133. The SMILES string of the molecule is COc1cccc(Cl)c1CNc1ccc2nccnc2n1. The van der Waals surface area contributed by atoms with Gasteiger partial charge in [0.2, 0.25) is 0 Å². The van der Waals surface area contributed by atoms with Crippen LogP contribution in [0.1, 0.15) is 5.56 Å². The third-order valence-corrected chi connectivity index (χ3v) is 3.43. The number of aromatic nitrogens is 3. The Hall–Kier alpha value is -2.40. The first-order valence-corrected chi connectivity index (χ1v) is 6.79.